The van der Waals surface area contributed by atoms with Crippen molar-refractivity contribution in [1.82, 2.24) is 9.97 Å². The van der Waals surface area contributed by atoms with Gasteiger partial charge < -0.3 is 15.8 Å². The number of hydrogen-bond acceptors (Lipinski definition) is 6. The Balaban J connectivity index is 1.44. The van der Waals surface area contributed by atoms with Crippen LogP contribution in [0.1, 0.15) is 23.5 Å². The van der Waals surface area contributed by atoms with Gasteiger partial charge in [-0.1, -0.05) is 24.3 Å². The SMILES string of the molecule is COc1ccc(Cc2nc3c(c(NC4C5C=CC(C5)C4C(N)=O)n2)N=CC3)cc1. The first-order chi connectivity index (χ1) is 14.1. The molecule has 0 spiro atoms. The first-order valence-corrected chi connectivity index (χ1v) is 9.92. The molecule has 29 heavy (non-hydrogen) atoms. The molecule has 2 aliphatic carbocycles. The molecule has 2 aromatic rings. The van der Waals surface area contributed by atoms with Crippen molar-refractivity contribution in [2.45, 2.75) is 25.3 Å². The van der Waals surface area contributed by atoms with Crippen LogP contribution in [0.5, 0.6) is 5.75 Å². The van der Waals surface area contributed by atoms with Gasteiger partial charge in [0.1, 0.15) is 17.3 Å². The molecule has 1 aliphatic heterocycles. The Hall–Kier alpha value is -3.22. The zero-order valence-corrected chi connectivity index (χ0v) is 16.2. The Morgan fingerprint density at radius 3 is 2.76 bits per heavy atom. The van der Waals surface area contributed by atoms with E-state index in [4.69, 9.17) is 20.4 Å². The molecule has 1 saturated carbocycles. The van der Waals surface area contributed by atoms with Crippen molar-refractivity contribution in [3.63, 3.8) is 0 Å². The molecule has 7 heteroatoms. The molecule has 7 nitrogen and oxygen atoms in total. The molecule has 3 aliphatic rings. The van der Waals surface area contributed by atoms with E-state index in [9.17, 15) is 4.79 Å². The summed E-state index contributed by atoms with van der Waals surface area (Å²) in [6.07, 6.45) is 8.43. The van der Waals surface area contributed by atoms with E-state index in [1.54, 1.807) is 7.11 Å². The van der Waals surface area contributed by atoms with E-state index < -0.39 is 0 Å². The average molecular weight is 389 g/mol. The lowest BCUT2D eigenvalue weighted by molar-refractivity contribution is -0.122. The zero-order valence-electron chi connectivity index (χ0n) is 16.2. The minimum absolute atomic E-state index is 0.0499. The number of aliphatic imine (C=N–C) groups is 1. The highest BCUT2D eigenvalue weighted by Gasteiger charge is 2.47. The summed E-state index contributed by atoms with van der Waals surface area (Å²) in [5.41, 5.74) is 8.51. The molecule has 5 rings (SSSR count). The van der Waals surface area contributed by atoms with Gasteiger partial charge in [0.05, 0.1) is 18.7 Å². The zero-order chi connectivity index (χ0) is 20.0. The van der Waals surface area contributed by atoms with Crippen molar-refractivity contribution in [2.75, 3.05) is 12.4 Å². The number of benzene rings is 1. The summed E-state index contributed by atoms with van der Waals surface area (Å²) in [5, 5.41) is 3.51. The normalized spacial score (nSPS) is 26.0. The summed E-state index contributed by atoms with van der Waals surface area (Å²) >= 11 is 0. The summed E-state index contributed by atoms with van der Waals surface area (Å²) in [5.74, 6) is 2.28. The Morgan fingerprint density at radius 2 is 2.00 bits per heavy atom. The highest BCUT2D eigenvalue weighted by molar-refractivity contribution is 5.82. The number of amides is 1. The molecule has 4 atom stereocenters. The fourth-order valence-corrected chi connectivity index (χ4v) is 4.72. The molecule has 2 heterocycles. The number of primary amides is 1. The number of ether oxygens (including phenoxy) is 1. The van der Waals surface area contributed by atoms with Crippen molar-refractivity contribution < 1.29 is 9.53 Å². The molecular weight excluding hydrogens is 366 g/mol. The van der Waals surface area contributed by atoms with Gasteiger partial charge in [-0.25, -0.2) is 9.97 Å². The van der Waals surface area contributed by atoms with Gasteiger partial charge in [0, 0.05) is 25.1 Å². The number of rotatable bonds is 6. The number of carbonyl (C=O) groups is 1. The van der Waals surface area contributed by atoms with Gasteiger partial charge in [0.2, 0.25) is 5.91 Å². The lowest BCUT2D eigenvalue weighted by Gasteiger charge is -2.27. The lowest BCUT2D eigenvalue weighted by atomic mass is 9.88. The van der Waals surface area contributed by atoms with E-state index in [1.807, 2.05) is 30.5 Å². The van der Waals surface area contributed by atoms with Crippen LogP contribution in [0.3, 0.4) is 0 Å². The highest BCUT2D eigenvalue weighted by Crippen LogP contribution is 2.45. The minimum atomic E-state index is -0.257. The number of fused-ring (bicyclic) bond motifs is 3. The number of methoxy groups -OCH3 is 1. The first-order valence-electron chi connectivity index (χ1n) is 9.92. The molecule has 3 N–H and O–H groups in total. The molecule has 1 amide bonds. The smallest absolute Gasteiger partial charge is 0.223 e. The van der Waals surface area contributed by atoms with Crippen LogP contribution in [0.2, 0.25) is 0 Å². The van der Waals surface area contributed by atoms with Gasteiger partial charge in [-0.3, -0.25) is 9.79 Å². The number of aromatic nitrogens is 2. The van der Waals surface area contributed by atoms with Crippen LogP contribution in [0.4, 0.5) is 11.5 Å². The number of nitrogens with one attached hydrogen (secondary N) is 1. The van der Waals surface area contributed by atoms with E-state index >= 15 is 0 Å². The molecular formula is C22H23N5O2. The van der Waals surface area contributed by atoms with Crippen LogP contribution in [-0.4, -0.2) is 35.2 Å². The third-order valence-electron chi connectivity index (χ3n) is 6.12. The van der Waals surface area contributed by atoms with Gasteiger partial charge in [-0.05, 0) is 36.0 Å². The maximum Gasteiger partial charge on any atom is 0.223 e. The molecule has 1 aromatic heterocycles. The van der Waals surface area contributed by atoms with Crippen molar-refractivity contribution >= 4 is 23.6 Å². The van der Waals surface area contributed by atoms with E-state index in [-0.39, 0.29) is 23.8 Å². The molecule has 0 radical (unpaired) electrons. The second-order valence-electron chi connectivity index (χ2n) is 7.87. The van der Waals surface area contributed by atoms with E-state index in [1.165, 1.54) is 0 Å². The predicted octanol–water partition coefficient (Wildman–Crippen LogP) is 2.42. The van der Waals surface area contributed by atoms with Crippen molar-refractivity contribution in [3.8, 4) is 5.75 Å². The second-order valence-corrected chi connectivity index (χ2v) is 7.87. The second kappa shape index (κ2) is 6.99. The van der Waals surface area contributed by atoms with Crippen LogP contribution in [0, 0.1) is 17.8 Å². The van der Waals surface area contributed by atoms with Gasteiger partial charge in [0.25, 0.3) is 0 Å². The third kappa shape index (κ3) is 3.16. The standard InChI is InChI=1S/C22H23N5O2/c1-29-15-6-2-12(3-7-15)10-17-25-16-8-9-24-20(16)22(26-17)27-19-14-5-4-13(11-14)18(19)21(23)28/h2-7,9,13-14,18-19H,8,10-11H2,1H3,(H2,23,28)(H,25,26,27). The van der Waals surface area contributed by atoms with Crippen LogP contribution < -0.4 is 15.8 Å². The van der Waals surface area contributed by atoms with Gasteiger partial charge >= 0.3 is 0 Å². The number of anilines is 1. The summed E-state index contributed by atoms with van der Waals surface area (Å²) in [7, 11) is 1.65. The molecule has 148 valence electrons. The first kappa shape index (κ1) is 17.8. The minimum Gasteiger partial charge on any atom is -0.497 e. The summed E-state index contributed by atoms with van der Waals surface area (Å²) < 4.78 is 5.23. The Labute approximate surface area is 169 Å². The summed E-state index contributed by atoms with van der Waals surface area (Å²) in [6, 6.07) is 7.85. The van der Waals surface area contributed by atoms with Crippen molar-refractivity contribution in [3.05, 3.63) is 53.5 Å². The number of nitrogens with two attached hydrogens (primary N) is 1. The van der Waals surface area contributed by atoms with Crippen molar-refractivity contribution in [2.24, 2.45) is 28.5 Å². The number of hydrogen-bond donors (Lipinski definition) is 2. The fraction of sp³-hybridized carbons (Fsp3) is 0.364. The Bertz CT molecular complexity index is 1010. The maximum absolute atomic E-state index is 12.1. The third-order valence-corrected chi connectivity index (χ3v) is 6.12. The lowest BCUT2D eigenvalue weighted by Crippen LogP contribution is -2.41. The van der Waals surface area contributed by atoms with Gasteiger partial charge in [-0.2, -0.15) is 0 Å². The number of allylic oxidation sites excluding steroid dienone is 1. The number of nitrogens with zero attached hydrogens (tertiary/aromatic N) is 3. The predicted molar refractivity (Wildman–Crippen MR) is 111 cm³/mol. The maximum atomic E-state index is 12.1. The highest BCUT2D eigenvalue weighted by atomic mass is 16.5. The molecule has 2 bridgehead atoms. The summed E-state index contributed by atoms with van der Waals surface area (Å²) in [6.45, 7) is 0. The van der Waals surface area contributed by atoms with Crippen LogP contribution in [0.15, 0.2) is 41.4 Å². The average Bonchev–Trinajstić information content (AvgIpc) is 3.44. The molecule has 1 fully saturated rings. The van der Waals surface area contributed by atoms with Gasteiger partial charge in [-0.15, -0.1) is 0 Å². The Kier molecular flexibility index (Phi) is 4.30. The van der Waals surface area contributed by atoms with Crippen molar-refractivity contribution in [1.29, 1.82) is 0 Å². The quantitative estimate of drug-likeness (QED) is 0.739. The van der Waals surface area contributed by atoms with Crippen LogP contribution >= 0.6 is 0 Å². The number of carbonyl (C=O) groups excluding carboxylic acids is 1. The molecule has 4 unspecified atom stereocenters. The van der Waals surface area contributed by atoms with E-state index in [0.29, 0.717) is 24.6 Å². The van der Waals surface area contributed by atoms with Crippen LogP contribution in [-0.2, 0) is 17.6 Å². The van der Waals surface area contributed by atoms with E-state index in [2.05, 4.69) is 22.5 Å². The molecule has 1 aromatic carbocycles. The van der Waals surface area contributed by atoms with E-state index in [0.717, 1.165) is 34.9 Å². The van der Waals surface area contributed by atoms with Gasteiger partial charge in [0.15, 0.2) is 5.82 Å². The monoisotopic (exact) mass is 389 g/mol. The fourth-order valence-electron chi connectivity index (χ4n) is 4.72. The Morgan fingerprint density at radius 1 is 1.21 bits per heavy atom. The summed E-state index contributed by atoms with van der Waals surface area (Å²) in [4.78, 5) is 26.0. The largest absolute Gasteiger partial charge is 0.497 e. The topological polar surface area (TPSA) is 102 Å². The van der Waals surface area contributed by atoms with Crippen LogP contribution in [0.25, 0.3) is 0 Å². The molecule has 0 saturated heterocycles.